The van der Waals surface area contributed by atoms with Crippen molar-refractivity contribution in [3.63, 3.8) is 0 Å². The summed E-state index contributed by atoms with van der Waals surface area (Å²) in [5.74, 6) is -1.73. The highest BCUT2D eigenvalue weighted by molar-refractivity contribution is 7.92. The fraction of sp³-hybridized carbons (Fsp3) is 0.115. The normalized spacial score (nSPS) is 11.4. The summed E-state index contributed by atoms with van der Waals surface area (Å²) in [4.78, 5) is 8.96. The first-order valence-electron chi connectivity index (χ1n) is 11.7. The number of H-pyrrole nitrogens is 1. The van der Waals surface area contributed by atoms with Gasteiger partial charge in [0.25, 0.3) is 10.0 Å². The number of anilines is 2. The molecule has 2 aromatic carbocycles. The number of halogens is 2. The Bertz CT molecular complexity index is 1790. The molecule has 0 saturated heterocycles. The van der Waals surface area contributed by atoms with E-state index in [1.54, 1.807) is 43.5 Å². The Hall–Kier alpha value is -4.56. The van der Waals surface area contributed by atoms with Crippen LogP contribution >= 0.6 is 11.3 Å². The molecule has 3 aromatic heterocycles. The molecule has 0 aliphatic carbocycles. The monoisotopic (exact) mass is 584 g/mol. The third kappa shape index (κ3) is 5.44. The summed E-state index contributed by atoms with van der Waals surface area (Å²) in [5.41, 5.74) is 2.42. The van der Waals surface area contributed by atoms with Crippen LogP contribution in [0.25, 0.3) is 21.8 Å². The van der Waals surface area contributed by atoms with Crippen LogP contribution < -0.4 is 14.8 Å². The number of aromatic nitrogens is 4. The van der Waals surface area contributed by atoms with Crippen LogP contribution in [0.2, 0.25) is 0 Å². The maximum Gasteiger partial charge on any atom is 0.281 e. The lowest BCUT2D eigenvalue weighted by Gasteiger charge is -2.12. The number of phenols is 1. The van der Waals surface area contributed by atoms with Crippen molar-refractivity contribution in [3.05, 3.63) is 83.7 Å². The Balaban J connectivity index is 1.40. The van der Waals surface area contributed by atoms with Crippen LogP contribution in [0.3, 0.4) is 0 Å². The van der Waals surface area contributed by atoms with Gasteiger partial charge in [0.2, 0.25) is 0 Å². The number of aryl methyl sites for hydroxylation is 1. The summed E-state index contributed by atoms with van der Waals surface area (Å²) in [6.07, 6.45) is 2.94. The lowest BCUT2D eigenvalue weighted by atomic mass is 10.1. The summed E-state index contributed by atoms with van der Waals surface area (Å²) in [7, 11) is -2.71. The fourth-order valence-corrected chi connectivity index (χ4v) is 6.29. The van der Waals surface area contributed by atoms with Gasteiger partial charge < -0.3 is 15.2 Å². The maximum atomic E-state index is 14.0. The van der Waals surface area contributed by atoms with E-state index in [0.717, 1.165) is 23.5 Å². The molecule has 0 unspecified atom stereocenters. The Morgan fingerprint density at radius 1 is 1.12 bits per heavy atom. The number of ether oxygens (including phenoxy) is 1. The van der Waals surface area contributed by atoms with Crippen LogP contribution in [0.1, 0.15) is 11.1 Å². The molecule has 0 fully saturated rings. The Morgan fingerprint density at radius 2 is 1.95 bits per heavy atom. The zero-order valence-electron chi connectivity index (χ0n) is 21.1. The van der Waals surface area contributed by atoms with E-state index in [0.29, 0.717) is 33.1 Å². The summed E-state index contributed by atoms with van der Waals surface area (Å²) >= 11 is 0.989. The van der Waals surface area contributed by atoms with Crippen molar-refractivity contribution < 1.29 is 27.0 Å². The van der Waals surface area contributed by atoms with E-state index >= 15 is 0 Å². The van der Waals surface area contributed by atoms with E-state index in [4.69, 9.17) is 4.74 Å². The van der Waals surface area contributed by atoms with Gasteiger partial charge in [0.15, 0.2) is 33.3 Å². The molecular weight excluding hydrogens is 562 g/mol. The molecule has 0 atom stereocenters. The molecule has 0 spiro atoms. The third-order valence-electron chi connectivity index (χ3n) is 5.85. The molecule has 10 nitrogen and oxygen atoms in total. The third-order valence-corrected chi connectivity index (χ3v) is 8.37. The van der Waals surface area contributed by atoms with Crippen LogP contribution in [0.5, 0.6) is 11.5 Å². The van der Waals surface area contributed by atoms with Gasteiger partial charge in [-0.1, -0.05) is 23.5 Å². The molecule has 0 amide bonds. The van der Waals surface area contributed by atoms with Gasteiger partial charge >= 0.3 is 0 Å². The van der Waals surface area contributed by atoms with Gasteiger partial charge in [0.05, 0.1) is 29.6 Å². The number of hydrogen-bond acceptors (Lipinski definition) is 9. The Morgan fingerprint density at radius 3 is 2.65 bits per heavy atom. The molecule has 0 saturated carbocycles. The van der Waals surface area contributed by atoms with E-state index in [1.165, 1.54) is 19.4 Å². The second-order valence-corrected chi connectivity index (χ2v) is 11.2. The lowest BCUT2D eigenvalue weighted by Crippen LogP contribution is -2.16. The Kier molecular flexibility index (Phi) is 7.36. The van der Waals surface area contributed by atoms with Crippen molar-refractivity contribution in [3.8, 4) is 33.3 Å². The van der Waals surface area contributed by atoms with Crippen molar-refractivity contribution in [2.45, 2.75) is 18.5 Å². The highest BCUT2D eigenvalue weighted by Crippen LogP contribution is 2.39. The maximum absolute atomic E-state index is 14.0. The summed E-state index contributed by atoms with van der Waals surface area (Å²) in [5, 5.41) is 20.0. The average molecular weight is 585 g/mol. The van der Waals surface area contributed by atoms with Gasteiger partial charge in [-0.15, -0.1) is 0 Å². The molecule has 206 valence electrons. The number of pyridine rings is 1. The van der Waals surface area contributed by atoms with E-state index in [1.807, 2.05) is 0 Å². The molecule has 0 aliphatic heterocycles. The number of hydrogen-bond donors (Lipinski definition) is 4. The molecule has 5 rings (SSSR count). The number of aromatic hydroxyl groups is 1. The van der Waals surface area contributed by atoms with Gasteiger partial charge in [-0.05, 0) is 48.9 Å². The number of thiazole rings is 1. The minimum absolute atomic E-state index is 0.00497. The van der Waals surface area contributed by atoms with Crippen LogP contribution in [-0.2, 0) is 16.6 Å². The summed E-state index contributed by atoms with van der Waals surface area (Å²) in [6.45, 7) is 1.84. The number of rotatable bonds is 9. The van der Waals surface area contributed by atoms with Crippen molar-refractivity contribution in [2.24, 2.45) is 0 Å². The minimum Gasteiger partial charge on any atom is -0.504 e. The molecular formula is C26H22F2N6O4S2. The minimum atomic E-state index is -4.17. The van der Waals surface area contributed by atoms with Crippen LogP contribution in [0, 0.1) is 18.6 Å². The van der Waals surface area contributed by atoms with Crippen molar-refractivity contribution in [1.82, 2.24) is 20.2 Å². The number of nitrogens with one attached hydrogen (secondary N) is 3. The number of benzene rings is 2. The van der Waals surface area contributed by atoms with Crippen molar-refractivity contribution in [2.75, 3.05) is 17.1 Å². The molecule has 40 heavy (non-hydrogen) atoms. The van der Waals surface area contributed by atoms with E-state index in [2.05, 4.69) is 30.2 Å². The molecule has 4 N–H and O–H groups in total. The molecule has 3 heterocycles. The molecule has 0 bridgehead atoms. The molecule has 0 aliphatic rings. The number of para-hydroxylation sites is 1. The van der Waals surface area contributed by atoms with Crippen LogP contribution in [0.4, 0.5) is 19.6 Å². The number of methoxy groups -OCH3 is 1. The Labute approximate surface area is 231 Å². The van der Waals surface area contributed by atoms with Gasteiger partial charge in [-0.25, -0.2) is 18.7 Å². The second kappa shape index (κ2) is 10.9. The number of phenolic OH excluding ortho intramolecular Hbond substituents is 1. The topological polar surface area (TPSA) is 142 Å². The van der Waals surface area contributed by atoms with Crippen molar-refractivity contribution in [1.29, 1.82) is 0 Å². The summed E-state index contributed by atoms with van der Waals surface area (Å²) < 4.78 is 61.6. The first kappa shape index (κ1) is 27.0. The smallest absolute Gasteiger partial charge is 0.281 e. The quantitative estimate of drug-likeness (QED) is 0.183. The first-order valence-corrected chi connectivity index (χ1v) is 14.0. The van der Waals surface area contributed by atoms with Gasteiger partial charge in [0, 0.05) is 23.9 Å². The molecule has 0 radical (unpaired) electrons. The number of aromatic amines is 1. The van der Waals surface area contributed by atoms with Gasteiger partial charge in [-0.2, -0.15) is 13.5 Å². The number of sulfonamides is 1. The first-order chi connectivity index (χ1) is 19.2. The van der Waals surface area contributed by atoms with E-state index in [9.17, 15) is 22.3 Å². The largest absolute Gasteiger partial charge is 0.504 e. The molecule has 5 aromatic rings. The highest BCUT2D eigenvalue weighted by Gasteiger charge is 2.24. The fourth-order valence-electron chi connectivity index (χ4n) is 3.94. The van der Waals surface area contributed by atoms with Gasteiger partial charge in [0.1, 0.15) is 5.69 Å². The van der Waals surface area contributed by atoms with E-state index in [-0.39, 0.29) is 33.7 Å². The second-order valence-electron chi connectivity index (χ2n) is 8.56. The van der Waals surface area contributed by atoms with E-state index < -0.39 is 21.7 Å². The average Bonchev–Trinajstić information content (AvgIpc) is 3.59. The SMILES string of the molecule is COc1cccc(CNc2cnc(S(=O)(=O)Nc3nc(-c4ccc(F)c(F)c4)c(-c4cc[nH]n4)s3)c(C)c2)c1O. The van der Waals surface area contributed by atoms with Crippen LogP contribution in [0.15, 0.2) is 66.0 Å². The molecule has 14 heteroatoms. The summed E-state index contributed by atoms with van der Waals surface area (Å²) in [6, 6.07) is 11.7. The zero-order valence-corrected chi connectivity index (χ0v) is 22.7. The predicted octanol–water partition coefficient (Wildman–Crippen LogP) is 5.31. The standard InChI is InChI=1S/C26H22F2N6O4S2/c1-14-10-17(29-12-16-4-3-5-21(38-2)23(16)35)13-30-25(14)40(36,37)34-26-32-22(15-6-7-18(27)19(28)11-15)24(39-26)20-8-9-31-33-20/h3-11,13,29,35H,12H2,1-2H3,(H,31,33)(H,32,34). The zero-order chi connectivity index (χ0) is 28.4. The lowest BCUT2D eigenvalue weighted by molar-refractivity contribution is 0.371. The predicted molar refractivity (Wildman–Crippen MR) is 147 cm³/mol. The number of nitrogens with zero attached hydrogens (tertiary/aromatic N) is 3. The van der Waals surface area contributed by atoms with Crippen LogP contribution in [-0.4, -0.2) is 40.8 Å². The highest BCUT2D eigenvalue weighted by atomic mass is 32.2. The van der Waals surface area contributed by atoms with Crippen molar-refractivity contribution >= 4 is 32.2 Å². The van der Waals surface area contributed by atoms with Gasteiger partial charge in [-0.3, -0.25) is 9.82 Å².